The quantitative estimate of drug-likeness (QED) is 0.441. The third kappa shape index (κ3) is 5.02. The molecular formula is C27H27FN2O5S. The largest absolute Gasteiger partial charge is 0.491 e. The van der Waals surface area contributed by atoms with E-state index in [1.165, 1.54) is 17.0 Å². The predicted molar refractivity (Wildman–Crippen MR) is 133 cm³/mol. The van der Waals surface area contributed by atoms with Crippen LogP contribution in [-0.4, -0.2) is 54.6 Å². The van der Waals surface area contributed by atoms with Crippen molar-refractivity contribution in [3.05, 3.63) is 75.7 Å². The molecule has 0 N–H and O–H groups in total. The molecule has 0 fully saturated rings. The Kier molecular flexibility index (Phi) is 7.09. The first kappa shape index (κ1) is 24.1. The molecule has 0 spiro atoms. The Labute approximate surface area is 213 Å². The van der Waals surface area contributed by atoms with Crippen LogP contribution in [0.3, 0.4) is 0 Å². The zero-order chi connectivity index (χ0) is 25.1. The van der Waals surface area contributed by atoms with Crippen LogP contribution in [0.1, 0.15) is 40.2 Å². The Morgan fingerprint density at radius 1 is 1.14 bits per heavy atom. The molecule has 0 radical (unpaired) electrons. The van der Waals surface area contributed by atoms with Gasteiger partial charge in [0.15, 0.2) is 11.5 Å². The van der Waals surface area contributed by atoms with E-state index in [9.17, 15) is 14.0 Å². The van der Waals surface area contributed by atoms with Crippen molar-refractivity contribution in [2.75, 3.05) is 33.0 Å². The molecule has 2 aliphatic rings. The van der Waals surface area contributed by atoms with Gasteiger partial charge in [-0.15, -0.1) is 11.3 Å². The van der Waals surface area contributed by atoms with Gasteiger partial charge in [0.05, 0.1) is 6.04 Å². The Bertz CT molecular complexity index is 1250. The van der Waals surface area contributed by atoms with E-state index in [0.29, 0.717) is 35.9 Å². The molecule has 2 aliphatic heterocycles. The predicted octanol–water partition coefficient (Wildman–Crippen LogP) is 4.67. The summed E-state index contributed by atoms with van der Waals surface area (Å²) in [7, 11) is 0. The fourth-order valence-corrected chi connectivity index (χ4v) is 5.50. The van der Waals surface area contributed by atoms with E-state index >= 15 is 0 Å². The van der Waals surface area contributed by atoms with Gasteiger partial charge in [-0.05, 0) is 72.3 Å². The van der Waals surface area contributed by atoms with E-state index in [-0.39, 0.29) is 43.6 Å². The maximum atomic E-state index is 13.6. The van der Waals surface area contributed by atoms with Crippen molar-refractivity contribution in [1.29, 1.82) is 0 Å². The fraction of sp³-hybridized carbons (Fsp3) is 0.333. The topological polar surface area (TPSA) is 68.3 Å². The Morgan fingerprint density at radius 2 is 1.94 bits per heavy atom. The first-order valence-corrected chi connectivity index (χ1v) is 12.8. The van der Waals surface area contributed by atoms with Gasteiger partial charge < -0.3 is 24.0 Å². The summed E-state index contributed by atoms with van der Waals surface area (Å²) < 4.78 is 30.0. The monoisotopic (exact) mass is 510 g/mol. The van der Waals surface area contributed by atoms with Gasteiger partial charge >= 0.3 is 0 Å². The van der Waals surface area contributed by atoms with Crippen molar-refractivity contribution in [1.82, 2.24) is 9.80 Å². The van der Waals surface area contributed by atoms with Crippen LogP contribution < -0.4 is 14.2 Å². The fourth-order valence-electron chi connectivity index (χ4n) is 4.57. The first-order chi connectivity index (χ1) is 17.5. The lowest BCUT2D eigenvalue weighted by Gasteiger charge is -2.37. The Hall–Kier alpha value is -3.59. The smallest absolute Gasteiger partial charge is 0.254 e. The van der Waals surface area contributed by atoms with Crippen molar-refractivity contribution in [2.45, 2.75) is 25.8 Å². The molecule has 1 unspecified atom stereocenters. The van der Waals surface area contributed by atoms with Gasteiger partial charge in [0.1, 0.15) is 24.7 Å². The summed E-state index contributed by atoms with van der Waals surface area (Å²) in [6.45, 7) is 3.31. The second-order valence-corrected chi connectivity index (χ2v) is 9.71. The van der Waals surface area contributed by atoms with E-state index < -0.39 is 0 Å². The van der Waals surface area contributed by atoms with Gasteiger partial charge in [0, 0.05) is 23.5 Å². The van der Waals surface area contributed by atoms with E-state index in [1.807, 2.05) is 18.4 Å². The molecule has 2 aromatic carbocycles. The molecule has 1 atom stereocenters. The zero-order valence-corrected chi connectivity index (χ0v) is 20.8. The highest BCUT2D eigenvalue weighted by Gasteiger charge is 2.33. The van der Waals surface area contributed by atoms with Crippen LogP contribution in [0.4, 0.5) is 4.39 Å². The van der Waals surface area contributed by atoms with Crippen molar-refractivity contribution >= 4 is 23.2 Å². The molecule has 3 heterocycles. The molecule has 188 valence electrons. The van der Waals surface area contributed by atoms with Gasteiger partial charge in [0.25, 0.3) is 5.91 Å². The Morgan fingerprint density at radius 3 is 2.75 bits per heavy atom. The lowest BCUT2D eigenvalue weighted by Crippen LogP contribution is -2.48. The number of thiophene rings is 1. The maximum Gasteiger partial charge on any atom is 0.254 e. The van der Waals surface area contributed by atoms with Crippen molar-refractivity contribution in [3.63, 3.8) is 0 Å². The van der Waals surface area contributed by atoms with E-state index in [4.69, 9.17) is 14.2 Å². The minimum Gasteiger partial charge on any atom is -0.491 e. The lowest BCUT2D eigenvalue weighted by atomic mass is 10.0. The van der Waals surface area contributed by atoms with Crippen LogP contribution >= 0.6 is 11.3 Å². The standard InChI is InChI=1S/C27H27FN2O5S/c1-2-11-29(27(32)18-3-8-23-24(14-18)35-17-34-23)15-26(31)30-12-9-25-21(10-13-36-25)22(30)16-33-20-6-4-19(28)5-7-20/h3-8,10,13-14,22H,2,9,11-12,15-17H2,1H3. The lowest BCUT2D eigenvalue weighted by molar-refractivity contribution is -0.135. The van der Waals surface area contributed by atoms with Crippen molar-refractivity contribution < 1.29 is 28.2 Å². The molecule has 9 heteroatoms. The Balaban J connectivity index is 1.32. The number of hydrogen-bond donors (Lipinski definition) is 0. The number of ether oxygens (including phenoxy) is 3. The molecule has 36 heavy (non-hydrogen) atoms. The summed E-state index contributed by atoms with van der Waals surface area (Å²) in [5.41, 5.74) is 1.52. The average Bonchev–Trinajstić information content (AvgIpc) is 3.56. The highest BCUT2D eigenvalue weighted by molar-refractivity contribution is 7.10. The molecule has 0 saturated carbocycles. The van der Waals surface area contributed by atoms with Crippen molar-refractivity contribution in [2.24, 2.45) is 0 Å². The highest BCUT2D eigenvalue weighted by Crippen LogP contribution is 2.35. The zero-order valence-electron chi connectivity index (χ0n) is 19.9. The molecular weight excluding hydrogens is 483 g/mol. The summed E-state index contributed by atoms with van der Waals surface area (Å²) >= 11 is 1.67. The third-order valence-corrected chi connectivity index (χ3v) is 7.36. The first-order valence-electron chi connectivity index (χ1n) is 12.0. The maximum absolute atomic E-state index is 13.6. The minimum absolute atomic E-state index is 0.0341. The number of hydrogen-bond acceptors (Lipinski definition) is 6. The average molecular weight is 511 g/mol. The molecule has 7 nitrogen and oxygen atoms in total. The molecule has 0 aliphatic carbocycles. The second-order valence-electron chi connectivity index (χ2n) is 8.71. The minimum atomic E-state index is -0.333. The van der Waals surface area contributed by atoms with E-state index in [2.05, 4.69) is 0 Å². The summed E-state index contributed by atoms with van der Waals surface area (Å²) in [5.74, 6) is 0.978. The normalized spacial score (nSPS) is 15.9. The van der Waals surface area contributed by atoms with Gasteiger partial charge in [0.2, 0.25) is 12.7 Å². The van der Waals surface area contributed by atoms with E-state index in [0.717, 1.165) is 18.4 Å². The van der Waals surface area contributed by atoms with Crippen LogP contribution in [0.25, 0.3) is 0 Å². The molecule has 3 aromatic rings. The molecule has 1 aromatic heterocycles. The number of fused-ring (bicyclic) bond motifs is 2. The molecule has 2 amide bonds. The van der Waals surface area contributed by atoms with Crippen LogP contribution in [0.2, 0.25) is 0 Å². The number of nitrogens with zero attached hydrogens (tertiary/aromatic N) is 2. The second kappa shape index (κ2) is 10.6. The van der Waals surface area contributed by atoms with Crippen molar-refractivity contribution in [3.8, 4) is 17.2 Å². The van der Waals surface area contributed by atoms with Gasteiger partial charge in [-0.1, -0.05) is 6.92 Å². The SMILES string of the molecule is CCCN(CC(=O)N1CCc2sccc2C1COc1ccc(F)cc1)C(=O)c1ccc2c(c1)OCO2. The number of benzene rings is 2. The highest BCUT2D eigenvalue weighted by atomic mass is 32.1. The number of halogens is 1. The summed E-state index contributed by atoms with van der Waals surface area (Å²) in [6.07, 6.45) is 1.48. The summed E-state index contributed by atoms with van der Waals surface area (Å²) in [5, 5.41) is 2.02. The number of carbonyl (C=O) groups excluding carboxylic acids is 2. The third-order valence-electron chi connectivity index (χ3n) is 6.36. The van der Waals surface area contributed by atoms with Crippen LogP contribution in [0.15, 0.2) is 53.9 Å². The number of rotatable bonds is 8. The molecule has 0 bridgehead atoms. The van der Waals surface area contributed by atoms with E-state index in [1.54, 1.807) is 51.5 Å². The summed E-state index contributed by atoms with van der Waals surface area (Å²) in [6, 6.07) is 12.7. The molecule has 0 saturated heterocycles. The van der Waals surface area contributed by atoms with Gasteiger partial charge in [-0.2, -0.15) is 0 Å². The van der Waals surface area contributed by atoms with Gasteiger partial charge in [-0.3, -0.25) is 9.59 Å². The van der Waals surface area contributed by atoms with Gasteiger partial charge in [-0.25, -0.2) is 4.39 Å². The summed E-state index contributed by atoms with van der Waals surface area (Å²) in [4.78, 5) is 31.5. The van der Waals surface area contributed by atoms with Crippen LogP contribution in [0, 0.1) is 5.82 Å². The number of carbonyl (C=O) groups is 2. The van der Waals surface area contributed by atoms with Crippen LogP contribution in [-0.2, 0) is 11.2 Å². The number of amides is 2. The van der Waals surface area contributed by atoms with Crippen LogP contribution in [0.5, 0.6) is 17.2 Å². The molecule has 5 rings (SSSR count).